The van der Waals surface area contributed by atoms with Crippen LogP contribution < -0.4 is 10.9 Å². The number of para-hydroxylation sites is 1. The number of fused-ring (bicyclic) bond motifs is 3. The molecule has 2 atom stereocenters. The largest absolute Gasteiger partial charge is 0.337 e. The summed E-state index contributed by atoms with van der Waals surface area (Å²) < 4.78 is 0.790. The molecule has 2 aromatic rings. The number of aromatic nitrogens is 1. The number of likely N-dealkylation sites (tertiary alicyclic amines) is 1. The van der Waals surface area contributed by atoms with Crippen molar-refractivity contribution in [3.8, 4) is 0 Å². The van der Waals surface area contributed by atoms with Crippen LogP contribution in [-0.4, -0.2) is 41.0 Å². The Morgan fingerprint density at radius 3 is 2.91 bits per heavy atom. The van der Waals surface area contributed by atoms with Crippen LogP contribution in [0.4, 0.5) is 0 Å². The summed E-state index contributed by atoms with van der Waals surface area (Å²) in [5.41, 5.74) is 0.919. The van der Waals surface area contributed by atoms with E-state index in [9.17, 15) is 9.59 Å². The third-order valence-corrected chi connectivity index (χ3v) is 5.53. The third-order valence-electron chi connectivity index (χ3n) is 4.87. The minimum absolute atomic E-state index is 0.0476. The van der Waals surface area contributed by atoms with Crippen molar-refractivity contribution in [1.29, 1.82) is 0 Å². The zero-order valence-corrected chi connectivity index (χ0v) is 14.2. The van der Waals surface area contributed by atoms with E-state index in [0.29, 0.717) is 23.2 Å². The SMILES string of the molecule is O=C(c1cc(=O)[nH]c2c(Br)cccc12)N1CCC2CCC(C1)N2. The maximum atomic E-state index is 13.0. The molecular weight excluding hydrogens is 358 g/mol. The van der Waals surface area contributed by atoms with Crippen LogP contribution in [0.1, 0.15) is 29.6 Å². The summed E-state index contributed by atoms with van der Waals surface area (Å²) >= 11 is 3.44. The smallest absolute Gasteiger partial charge is 0.254 e. The molecule has 1 aromatic carbocycles. The lowest BCUT2D eigenvalue weighted by atomic mass is 10.1. The van der Waals surface area contributed by atoms with Gasteiger partial charge in [-0.3, -0.25) is 9.59 Å². The van der Waals surface area contributed by atoms with Crippen LogP contribution in [0.25, 0.3) is 10.9 Å². The van der Waals surface area contributed by atoms with Crippen LogP contribution in [0, 0.1) is 0 Å². The van der Waals surface area contributed by atoms with E-state index in [1.54, 1.807) is 0 Å². The number of carbonyl (C=O) groups excluding carboxylic acids is 1. The Bertz CT molecular complexity index is 832. The van der Waals surface area contributed by atoms with Crippen molar-refractivity contribution < 1.29 is 4.79 Å². The van der Waals surface area contributed by atoms with Crippen LogP contribution in [0.2, 0.25) is 0 Å². The first-order valence-corrected chi connectivity index (χ1v) is 8.78. The van der Waals surface area contributed by atoms with E-state index >= 15 is 0 Å². The number of pyridine rings is 1. The normalized spacial score (nSPS) is 24.0. The summed E-state index contributed by atoms with van der Waals surface area (Å²) in [6.07, 6.45) is 3.30. The number of hydrogen-bond donors (Lipinski definition) is 2. The molecule has 3 heterocycles. The average Bonchev–Trinajstić information content (AvgIpc) is 2.86. The van der Waals surface area contributed by atoms with Gasteiger partial charge in [0.25, 0.3) is 5.91 Å². The molecule has 2 aliphatic rings. The molecule has 4 rings (SSSR count). The Morgan fingerprint density at radius 1 is 1.22 bits per heavy atom. The van der Waals surface area contributed by atoms with Gasteiger partial charge in [-0.25, -0.2) is 0 Å². The molecule has 1 amide bonds. The van der Waals surface area contributed by atoms with Crippen molar-refractivity contribution >= 4 is 32.7 Å². The van der Waals surface area contributed by atoms with Gasteiger partial charge < -0.3 is 15.2 Å². The molecule has 0 saturated carbocycles. The van der Waals surface area contributed by atoms with Gasteiger partial charge in [-0.2, -0.15) is 0 Å². The Balaban J connectivity index is 1.75. The van der Waals surface area contributed by atoms with E-state index in [1.807, 2.05) is 23.1 Å². The van der Waals surface area contributed by atoms with Gasteiger partial charge in [0, 0.05) is 41.1 Å². The maximum absolute atomic E-state index is 13.0. The predicted molar refractivity (Wildman–Crippen MR) is 92.7 cm³/mol. The Morgan fingerprint density at radius 2 is 2.04 bits per heavy atom. The topological polar surface area (TPSA) is 65.2 Å². The van der Waals surface area contributed by atoms with Gasteiger partial charge in [0.05, 0.1) is 11.1 Å². The molecule has 2 aliphatic heterocycles. The molecule has 23 heavy (non-hydrogen) atoms. The van der Waals surface area contributed by atoms with Gasteiger partial charge in [-0.1, -0.05) is 12.1 Å². The predicted octanol–water partition coefficient (Wildman–Crippen LogP) is 2.26. The fourth-order valence-corrected chi connectivity index (χ4v) is 4.18. The Hall–Kier alpha value is -1.66. The third kappa shape index (κ3) is 2.70. The molecule has 2 saturated heterocycles. The van der Waals surface area contributed by atoms with E-state index in [4.69, 9.17) is 0 Å². The second-order valence-corrected chi connectivity index (χ2v) is 7.24. The molecule has 1 aromatic heterocycles. The molecule has 0 radical (unpaired) electrons. The summed E-state index contributed by atoms with van der Waals surface area (Å²) in [6, 6.07) is 7.96. The molecule has 2 N–H and O–H groups in total. The van der Waals surface area contributed by atoms with Crippen LogP contribution in [0.3, 0.4) is 0 Å². The monoisotopic (exact) mass is 375 g/mol. The number of nitrogens with one attached hydrogen (secondary N) is 2. The van der Waals surface area contributed by atoms with Crippen molar-refractivity contribution in [2.24, 2.45) is 0 Å². The van der Waals surface area contributed by atoms with Crippen molar-refractivity contribution in [3.63, 3.8) is 0 Å². The fraction of sp³-hybridized carbons (Fsp3) is 0.412. The van der Waals surface area contributed by atoms with Gasteiger partial charge in [-0.05, 0) is 41.3 Å². The summed E-state index contributed by atoms with van der Waals surface area (Å²) in [4.78, 5) is 29.7. The quantitative estimate of drug-likeness (QED) is 0.803. The first kappa shape index (κ1) is 14.9. The molecule has 2 bridgehead atoms. The lowest BCUT2D eigenvalue weighted by molar-refractivity contribution is 0.0750. The molecule has 6 heteroatoms. The lowest BCUT2D eigenvalue weighted by Gasteiger charge is -2.24. The number of nitrogens with zero attached hydrogens (tertiary/aromatic N) is 1. The van der Waals surface area contributed by atoms with Crippen molar-refractivity contribution in [1.82, 2.24) is 15.2 Å². The van der Waals surface area contributed by atoms with Gasteiger partial charge in [0.2, 0.25) is 5.56 Å². The highest BCUT2D eigenvalue weighted by molar-refractivity contribution is 9.10. The van der Waals surface area contributed by atoms with E-state index in [0.717, 1.165) is 35.8 Å². The molecule has 0 spiro atoms. The highest BCUT2D eigenvalue weighted by Crippen LogP contribution is 2.26. The zero-order chi connectivity index (χ0) is 16.0. The summed E-state index contributed by atoms with van der Waals surface area (Å²) in [6.45, 7) is 1.47. The number of rotatable bonds is 1. The number of benzene rings is 1. The fourth-order valence-electron chi connectivity index (χ4n) is 3.72. The van der Waals surface area contributed by atoms with Gasteiger partial charge in [0.1, 0.15) is 0 Å². The summed E-state index contributed by atoms with van der Waals surface area (Å²) in [5.74, 6) is -0.0476. The minimum atomic E-state index is -0.248. The molecule has 5 nitrogen and oxygen atoms in total. The number of aromatic amines is 1. The maximum Gasteiger partial charge on any atom is 0.254 e. The highest BCUT2D eigenvalue weighted by atomic mass is 79.9. The van der Waals surface area contributed by atoms with Crippen molar-refractivity contribution in [2.75, 3.05) is 13.1 Å². The number of amides is 1. The van der Waals surface area contributed by atoms with Gasteiger partial charge >= 0.3 is 0 Å². The van der Waals surface area contributed by atoms with E-state index < -0.39 is 0 Å². The van der Waals surface area contributed by atoms with E-state index in [1.165, 1.54) is 12.5 Å². The first-order valence-electron chi connectivity index (χ1n) is 7.99. The number of H-pyrrole nitrogens is 1. The summed E-state index contributed by atoms with van der Waals surface area (Å²) in [7, 11) is 0. The van der Waals surface area contributed by atoms with Crippen molar-refractivity contribution in [2.45, 2.75) is 31.3 Å². The average molecular weight is 376 g/mol. The molecule has 120 valence electrons. The van der Waals surface area contributed by atoms with Gasteiger partial charge in [0.15, 0.2) is 0 Å². The molecule has 2 unspecified atom stereocenters. The molecule has 2 fully saturated rings. The first-order chi connectivity index (χ1) is 11.1. The second kappa shape index (κ2) is 5.76. The number of hydrogen-bond acceptors (Lipinski definition) is 3. The molecular formula is C17H18BrN3O2. The van der Waals surface area contributed by atoms with Crippen LogP contribution in [-0.2, 0) is 0 Å². The highest BCUT2D eigenvalue weighted by Gasteiger charge is 2.32. The van der Waals surface area contributed by atoms with Crippen LogP contribution >= 0.6 is 15.9 Å². The van der Waals surface area contributed by atoms with Crippen LogP contribution in [0.15, 0.2) is 33.5 Å². The van der Waals surface area contributed by atoms with Gasteiger partial charge in [-0.15, -0.1) is 0 Å². The minimum Gasteiger partial charge on any atom is -0.337 e. The lowest BCUT2D eigenvalue weighted by Crippen LogP contribution is -2.39. The Kier molecular flexibility index (Phi) is 3.73. The standard InChI is InChI=1S/C17H18BrN3O2/c18-14-3-1-2-12-13(8-15(22)20-16(12)14)17(23)21-7-6-10-4-5-11(9-21)19-10/h1-3,8,10-11,19H,4-7,9H2,(H,20,22). The van der Waals surface area contributed by atoms with E-state index in [2.05, 4.69) is 26.2 Å². The number of carbonyl (C=O) groups is 1. The molecule has 0 aliphatic carbocycles. The van der Waals surface area contributed by atoms with Crippen molar-refractivity contribution in [3.05, 3.63) is 44.7 Å². The second-order valence-electron chi connectivity index (χ2n) is 6.39. The van der Waals surface area contributed by atoms with E-state index in [-0.39, 0.29) is 11.5 Å². The number of halogens is 1. The zero-order valence-electron chi connectivity index (χ0n) is 12.6. The summed E-state index contributed by atoms with van der Waals surface area (Å²) in [5, 5.41) is 4.36. The Labute approximate surface area is 142 Å². The van der Waals surface area contributed by atoms with Crippen LogP contribution in [0.5, 0.6) is 0 Å².